The zero-order valence-corrected chi connectivity index (χ0v) is 21.9. The minimum Gasteiger partial charge on any atom is -0.454 e. The Bertz CT molecular complexity index is 1490. The van der Waals surface area contributed by atoms with Crippen molar-refractivity contribution in [2.45, 2.75) is 30.2 Å². The van der Waals surface area contributed by atoms with E-state index in [1.54, 1.807) is 30.3 Å². The van der Waals surface area contributed by atoms with Crippen LogP contribution < -0.4 is 19.5 Å². The van der Waals surface area contributed by atoms with E-state index in [0.717, 1.165) is 44.8 Å². The van der Waals surface area contributed by atoms with Gasteiger partial charge in [0.05, 0.1) is 16.6 Å². The van der Waals surface area contributed by atoms with Crippen LogP contribution in [-0.2, 0) is 10.0 Å². The van der Waals surface area contributed by atoms with Crippen LogP contribution in [0.15, 0.2) is 70.1 Å². The van der Waals surface area contributed by atoms with Crippen LogP contribution in [-0.4, -0.2) is 15.2 Å². The number of allylic oxidation sites excluding steroid dienone is 2. The molecule has 6 nitrogen and oxygen atoms in total. The van der Waals surface area contributed by atoms with Gasteiger partial charge in [0.15, 0.2) is 11.5 Å². The number of hydrogen-bond acceptors (Lipinski definition) is 5. The molecule has 3 aromatic rings. The molecule has 180 valence electrons. The summed E-state index contributed by atoms with van der Waals surface area (Å²) in [5.74, 6) is 1.80. The van der Waals surface area contributed by atoms with Gasteiger partial charge in [-0.2, -0.15) is 0 Å². The zero-order chi connectivity index (χ0) is 24.3. The summed E-state index contributed by atoms with van der Waals surface area (Å²) in [4.78, 5) is 0.219. The van der Waals surface area contributed by atoms with Gasteiger partial charge in [-0.3, -0.25) is 4.72 Å². The Kier molecular flexibility index (Phi) is 5.51. The maximum absolute atomic E-state index is 13.2. The zero-order valence-electron chi connectivity index (χ0n) is 18.7. The highest BCUT2D eigenvalue weighted by atomic mass is 79.9. The third-order valence-corrected chi connectivity index (χ3v) is 9.37. The normalized spacial score (nSPS) is 21.9. The van der Waals surface area contributed by atoms with E-state index in [-0.39, 0.29) is 29.6 Å². The van der Waals surface area contributed by atoms with Gasteiger partial charge < -0.3 is 14.8 Å². The first kappa shape index (κ1) is 22.8. The predicted molar refractivity (Wildman–Crippen MR) is 140 cm³/mol. The van der Waals surface area contributed by atoms with E-state index < -0.39 is 10.0 Å². The van der Waals surface area contributed by atoms with Gasteiger partial charge >= 0.3 is 0 Å². The molecular weight excluding hydrogens is 552 g/mol. The van der Waals surface area contributed by atoms with Gasteiger partial charge in [0.25, 0.3) is 10.0 Å². The van der Waals surface area contributed by atoms with Gasteiger partial charge in [-0.25, -0.2) is 8.42 Å². The van der Waals surface area contributed by atoms with Crippen LogP contribution in [0, 0.1) is 12.8 Å². The molecule has 3 aromatic carbocycles. The molecule has 0 saturated heterocycles. The Morgan fingerprint density at radius 1 is 1.06 bits per heavy atom. The Labute approximate surface area is 217 Å². The molecule has 3 aliphatic rings. The Balaban J connectivity index is 1.34. The topological polar surface area (TPSA) is 76.7 Å². The van der Waals surface area contributed by atoms with E-state index in [1.807, 2.05) is 25.1 Å². The number of benzene rings is 3. The molecule has 0 spiro atoms. The molecule has 2 heterocycles. The van der Waals surface area contributed by atoms with Crippen molar-refractivity contribution in [3.05, 3.63) is 86.9 Å². The van der Waals surface area contributed by atoms with E-state index in [4.69, 9.17) is 21.1 Å². The lowest BCUT2D eigenvalue weighted by molar-refractivity contribution is 0.174. The lowest BCUT2D eigenvalue weighted by Gasteiger charge is -2.38. The summed E-state index contributed by atoms with van der Waals surface area (Å²) in [6.07, 6.45) is 5.25. The fourth-order valence-electron chi connectivity index (χ4n) is 5.09. The van der Waals surface area contributed by atoms with Crippen molar-refractivity contribution in [1.29, 1.82) is 0 Å². The van der Waals surface area contributed by atoms with Crippen molar-refractivity contribution in [3.8, 4) is 11.5 Å². The summed E-state index contributed by atoms with van der Waals surface area (Å²) < 4.78 is 41.1. The maximum Gasteiger partial charge on any atom is 0.261 e. The van der Waals surface area contributed by atoms with Gasteiger partial charge in [-0.15, -0.1) is 0 Å². The van der Waals surface area contributed by atoms with Crippen LogP contribution in [0.3, 0.4) is 0 Å². The fraction of sp³-hybridized carbons (Fsp3) is 0.231. The van der Waals surface area contributed by atoms with Crippen molar-refractivity contribution < 1.29 is 17.9 Å². The molecule has 2 N–H and O–H groups in total. The minimum absolute atomic E-state index is 0.0293. The van der Waals surface area contributed by atoms with Gasteiger partial charge in [-0.1, -0.05) is 45.7 Å². The first-order chi connectivity index (χ1) is 16.8. The number of sulfonamides is 1. The van der Waals surface area contributed by atoms with Gasteiger partial charge in [0.1, 0.15) is 0 Å². The summed E-state index contributed by atoms with van der Waals surface area (Å²) >= 11 is 9.89. The van der Waals surface area contributed by atoms with E-state index >= 15 is 0 Å². The quantitative estimate of drug-likeness (QED) is 0.337. The van der Waals surface area contributed by atoms with Crippen LogP contribution >= 0.6 is 27.5 Å². The smallest absolute Gasteiger partial charge is 0.261 e. The second kappa shape index (κ2) is 8.47. The molecule has 9 heteroatoms. The van der Waals surface area contributed by atoms with Crippen molar-refractivity contribution >= 4 is 48.9 Å². The minimum atomic E-state index is -3.78. The van der Waals surface area contributed by atoms with Crippen molar-refractivity contribution in [2.75, 3.05) is 16.8 Å². The molecule has 35 heavy (non-hydrogen) atoms. The van der Waals surface area contributed by atoms with Gasteiger partial charge in [0.2, 0.25) is 6.79 Å². The third-order valence-electron chi connectivity index (χ3n) is 6.90. The largest absolute Gasteiger partial charge is 0.454 e. The average Bonchev–Trinajstić information content (AvgIpc) is 3.49. The monoisotopic (exact) mass is 572 g/mol. The molecule has 0 fully saturated rings. The lowest BCUT2D eigenvalue weighted by Crippen LogP contribution is -2.29. The lowest BCUT2D eigenvalue weighted by atomic mass is 9.77. The first-order valence-electron chi connectivity index (χ1n) is 11.3. The predicted octanol–water partition coefficient (Wildman–Crippen LogP) is 6.77. The fourth-order valence-corrected chi connectivity index (χ4v) is 6.92. The van der Waals surface area contributed by atoms with Crippen LogP contribution in [0.25, 0.3) is 0 Å². The van der Waals surface area contributed by atoms with E-state index in [1.165, 1.54) is 0 Å². The number of nitrogens with one attached hydrogen (secondary N) is 2. The van der Waals surface area contributed by atoms with Crippen molar-refractivity contribution in [1.82, 2.24) is 0 Å². The number of fused-ring (bicyclic) bond motifs is 4. The van der Waals surface area contributed by atoms with E-state index in [2.05, 4.69) is 38.1 Å². The molecule has 3 atom stereocenters. The summed E-state index contributed by atoms with van der Waals surface area (Å²) in [6, 6.07) is 14.4. The molecule has 6 rings (SSSR count). The standard InChI is InChI=1S/C26H22BrClN2O4S/c1-14-5-6-15(9-22(14)28)30-35(31,32)16-7-8-23-19(10-16)17-3-2-4-18(17)26(29-23)20-11-24-25(12-21(20)27)34-13-33-24/h2-3,5-12,17-18,26,29-30H,4,13H2,1H3/t17-,18+,26-/m0/s1. The Morgan fingerprint density at radius 3 is 2.66 bits per heavy atom. The van der Waals surface area contributed by atoms with Crippen LogP contribution in [0.5, 0.6) is 11.5 Å². The second-order valence-electron chi connectivity index (χ2n) is 9.02. The molecule has 0 saturated carbocycles. The number of rotatable bonds is 4. The molecule has 0 radical (unpaired) electrons. The van der Waals surface area contributed by atoms with Crippen molar-refractivity contribution in [3.63, 3.8) is 0 Å². The number of aryl methyl sites for hydroxylation is 1. The number of hydrogen-bond donors (Lipinski definition) is 2. The highest BCUT2D eigenvalue weighted by molar-refractivity contribution is 9.10. The highest BCUT2D eigenvalue weighted by Gasteiger charge is 2.39. The first-order valence-corrected chi connectivity index (χ1v) is 13.9. The Hall–Kier alpha value is -2.68. The molecule has 2 aliphatic heterocycles. The average molecular weight is 574 g/mol. The van der Waals surface area contributed by atoms with Crippen molar-refractivity contribution in [2.24, 2.45) is 5.92 Å². The molecule has 0 amide bonds. The summed E-state index contributed by atoms with van der Waals surface area (Å²) in [5, 5.41) is 4.17. The van der Waals surface area contributed by atoms with E-state index in [9.17, 15) is 8.42 Å². The maximum atomic E-state index is 13.2. The van der Waals surface area contributed by atoms with Crippen LogP contribution in [0.2, 0.25) is 5.02 Å². The molecule has 0 aromatic heterocycles. The molecule has 0 bridgehead atoms. The highest BCUT2D eigenvalue weighted by Crippen LogP contribution is 2.52. The summed E-state index contributed by atoms with van der Waals surface area (Å²) in [5.41, 5.74) is 4.31. The van der Waals surface area contributed by atoms with Gasteiger partial charge in [-0.05, 0) is 78.4 Å². The molecule has 1 aliphatic carbocycles. The summed E-state index contributed by atoms with van der Waals surface area (Å²) in [6.45, 7) is 2.10. The second-order valence-corrected chi connectivity index (χ2v) is 12.0. The van der Waals surface area contributed by atoms with E-state index in [0.29, 0.717) is 10.7 Å². The third kappa shape index (κ3) is 3.97. The van der Waals surface area contributed by atoms with Crippen LogP contribution in [0.1, 0.15) is 35.1 Å². The number of halogens is 2. The number of anilines is 2. The van der Waals surface area contributed by atoms with Gasteiger partial charge in [0, 0.05) is 21.1 Å². The molecular formula is C26H22BrClN2O4S. The SMILES string of the molecule is Cc1ccc(NS(=O)(=O)c2ccc3c(c2)[C@H]2C=CC[C@H]2[C@@H](c2cc4c(cc2Br)OCO4)N3)cc1Cl. The summed E-state index contributed by atoms with van der Waals surface area (Å²) in [7, 11) is -3.78. The number of ether oxygens (including phenoxy) is 2. The Morgan fingerprint density at radius 2 is 1.86 bits per heavy atom. The van der Waals surface area contributed by atoms with Crippen LogP contribution in [0.4, 0.5) is 11.4 Å². The molecule has 0 unspecified atom stereocenters.